The molecule has 0 aliphatic heterocycles. The Morgan fingerprint density at radius 3 is 2.21 bits per heavy atom. The number of rotatable bonds is 3. The molecule has 0 aliphatic rings. The fraction of sp³-hybridized carbons (Fsp3) is 0.400. The van der Waals surface area contributed by atoms with Crippen LogP contribution in [0, 0.1) is 13.8 Å². The molecule has 1 aromatic rings. The zero-order chi connectivity index (χ0) is 10.8. The Labute approximate surface area is 84.8 Å². The fourth-order valence-electron chi connectivity index (χ4n) is 1.40. The zero-order valence-corrected chi connectivity index (χ0v) is 9.67. The van der Waals surface area contributed by atoms with Gasteiger partial charge in [-0.25, -0.2) is 0 Å². The van der Waals surface area contributed by atoms with Gasteiger partial charge in [0, 0.05) is 0 Å². The normalized spacial score (nSPS) is 15.1. The van der Waals surface area contributed by atoms with Crippen molar-refractivity contribution >= 4 is 12.8 Å². The average Bonchev–Trinajstić information content (AvgIpc) is 2.02. The summed E-state index contributed by atoms with van der Waals surface area (Å²) in [6.45, 7) is 6.04. The molecule has 0 aliphatic carbocycles. The van der Waals surface area contributed by atoms with Gasteiger partial charge in [0.25, 0.3) is 7.52 Å². The molecule has 0 radical (unpaired) electrons. The molecule has 4 heteroatoms. The highest BCUT2D eigenvalue weighted by atomic mass is 31.2. The molecule has 1 aromatic carbocycles. The summed E-state index contributed by atoms with van der Waals surface area (Å²) >= 11 is 0. The predicted molar refractivity (Wildman–Crippen MR) is 59.0 cm³/mol. The quantitative estimate of drug-likeness (QED) is 0.782. The van der Waals surface area contributed by atoms with E-state index < -0.39 is 7.52 Å². The van der Waals surface area contributed by atoms with Crippen LogP contribution in [-0.2, 0) is 9.09 Å². The van der Waals surface area contributed by atoms with Crippen molar-refractivity contribution in [3.63, 3.8) is 0 Å². The fourth-order valence-corrected chi connectivity index (χ4v) is 2.70. The molecule has 0 fully saturated rings. The first kappa shape index (κ1) is 11.4. The summed E-state index contributed by atoms with van der Waals surface area (Å²) in [7, 11) is -3.10. The van der Waals surface area contributed by atoms with Crippen molar-refractivity contribution in [3.8, 4) is 0 Å². The molecule has 0 bridgehead atoms. The van der Waals surface area contributed by atoms with E-state index in [2.05, 4.69) is 0 Å². The van der Waals surface area contributed by atoms with Crippen LogP contribution < -0.4 is 10.8 Å². The van der Waals surface area contributed by atoms with Crippen LogP contribution >= 0.6 is 7.52 Å². The van der Waals surface area contributed by atoms with Crippen molar-refractivity contribution < 1.29 is 9.09 Å². The number of aryl methyl sites for hydroxylation is 2. The summed E-state index contributed by atoms with van der Waals surface area (Å²) in [6, 6.07) is 5.63. The van der Waals surface area contributed by atoms with E-state index in [0.29, 0.717) is 11.9 Å². The lowest BCUT2D eigenvalue weighted by molar-refractivity contribution is 0.341. The lowest BCUT2D eigenvalue weighted by atomic mass is 10.2. The molecule has 0 heterocycles. The first-order chi connectivity index (χ1) is 6.45. The molecular weight excluding hydrogens is 197 g/mol. The summed E-state index contributed by atoms with van der Waals surface area (Å²) < 4.78 is 16.9. The third-order valence-corrected chi connectivity index (χ3v) is 3.51. The van der Waals surface area contributed by atoms with Gasteiger partial charge in [0.15, 0.2) is 0 Å². The number of nitrogens with two attached hydrogens (primary N) is 1. The highest BCUT2D eigenvalue weighted by Gasteiger charge is 2.19. The monoisotopic (exact) mass is 213 g/mol. The average molecular weight is 213 g/mol. The van der Waals surface area contributed by atoms with Gasteiger partial charge in [-0.3, -0.25) is 10.1 Å². The Morgan fingerprint density at radius 1 is 1.29 bits per heavy atom. The van der Waals surface area contributed by atoms with E-state index in [9.17, 15) is 4.57 Å². The topological polar surface area (TPSA) is 52.3 Å². The van der Waals surface area contributed by atoms with Crippen molar-refractivity contribution in [2.45, 2.75) is 20.8 Å². The van der Waals surface area contributed by atoms with Crippen LogP contribution in [0.2, 0.25) is 0 Å². The molecule has 1 rings (SSSR count). The van der Waals surface area contributed by atoms with Crippen molar-refractivity contribution in [3.05, 3.63) is 29.3 Å². The number of hydrogen-bond acceptors (Lipinski definition) is 2. The molecular formula is C10H16NO2P. The van der Waals surface area contributed by atoms with E-state index in [4.69, 9.17) is 10.0 Å². The van der Waals surface area contributed by atoms with Gasteiger partial charge in [-0.2, -0.15) is 0 Å². The Kier molecular flexibility index (Phi) is 3.48. The van der Waals surface area contributed by atoms with E-state index in [1.807, 2.05) is 32.0 Å². The molecule has 0 amide bonds. The first-order valence-electron chi connectivity index (χ1n) is 4.57. The maximum atomic E-state index is 11.9. The Hall–Kier alpha value is -0.630. The van der Waals surface area contributed by atoms with E-state index in [-0.39, 0.29) is 0 Å². The van der Waals surface area contributed by atoms with Crippen molar-refractivity contribution in [2.75, 3.05) is 6.61 Å². The van der Waals surface area contributed by atoms with Crippen LogP contribution in [0.4, 0.5) is 0 Å². The number of benzene rings is 1. The highest BCUT2D eigenvalue weighted by Crippen LogP contribution is 2.36. The lowest BCUT2D eigenvalue weighted by Gasteiger charge is -2.13. The Morgan fingerprint density at radius 2 is 1.79 bits per heavy atom. The summed E-state index contributed by atoms with van der Waals surface area (Å²) in [5, 5.41) is 0.594. The van der Waals surface area contributed by atoms with Crippen molar-refractivity contribution in [1.82, 2.24) is 0 Å². The van der Waals surface area contributed by atoms with Crippen molar-refractivity contribution in [1.29, 1.82) is 0 Å². The SMILES string of the molecule is CCOP(N)(=O)c1cc(C)cc(C)c1. The van der Waals surface area contributed by atoms with E-state index in [1.165, 1.54) is 0 Å². The van der Waals surface area contributed by atoms with Crippen LogP contribution in [0.25, 0.3) is 0 Å². The van der Waals surface area contributed by atoms with Crippen LogP contribution in [0.15, 0.2) is 18.2 Å². The van der Waals surface area contributed by atoms with Gasteiger partial charge in [-0.15, -0.1) is 0 Å². The summed E-state index contributed by atoms with van der Waals surface area (Å²) in [5.74, 6) is 0. The van der Waals surface area contributed by atoms with Crippen molar-refractivity contribution in [2.24, 2.45) is 5.50 Å². The minimum atomic E-state index is -3.10. The standard InChI is InChI=1S/C10H16NO2P/c1-4-13-14(11,12)10-6-8(2)5-9(3)7-10/h5-7H,4H2,1-3H3,(H2,11,12). The maximum Gasteiger partial charge on any atom is 0.297 e. The van der Waals surface area contributed by atoms with Crippen LogP contribution in [-0.4, -0.2) is 6.61 Å². The molecule has 2 N–H and O–H groups in total. The summed E-state index contributed by atoms with van der Waals surface area (Å²) in [5.41, 5.74) is 7.71. The third kappa shape index (κ3) is 2.68. The lowest BCUT2D eigenvalue weighted by Crippen LogP contribution is -2.15. The molecule has 0 saturated carbocycles. The van der Waals surface area contributed by atoms with Gasteiger partial charge in [0.05, 0.1) is 11.9 Å². The first-order valence-corrected chi connectivity index (χ1v) is 6.27. The highest BCUT2D eigenvalue weighted by molar-refractivity contribution is 7.64. The molecule has 78 valence electrons. The maximum absolute atomic E-state index is 11.9. The second-order valence-electron chi connectivity index (χ2n) is 3.36. The van der Waals surface area contributed by atoms with Gasteiger partial charge in [-0.05, 0) is 44.0 Å². The molecule has 14 heavy (non-hydrogen) atoms. The van der Waals surface area contributed by atoms with Crippen LogP contribution in [0.5, 0.6) is 0 Å². The van der Waals surface area contributed by atoms with Gasteiger partial charge in [-0.1, -0.05) is 6.07 Å². The second-order valence-corrected chi connectivity index (χ2v) is 5.33. The largest absolute Gasteiger partial charge is 0.315 e. The van der Waals surface area contributed by atoms with Crippen LogP contribution in [0.1, 0.15) is 18.1 Å². The van der Waals surface area contributed by atoms with Crippen LogP contribution in [0.3, 0.4) is 0 Å². The smallest absolute Gasteiger partial charge is 0.297 e. The molecule has 1 unspecified atom stereocenters. The van der Waals surface area contributed by atoms with Gasteiger partial charge in [0.2, 0.25) is 0 Å². The zero-order valence-electron chi connectivity index (χ0n) is 8.78. The third-order valence-electron chi connectivity index (χ3n) is 1.89. The van der Waals surface area contributed by atoms with Gasteiger partial charge >= 0.3 is 0 Å². The van der Waals surface area contributed by atoms with E-state index >= 15 is 0 Å². The number of hydrogen-bond donors (Lipinski definition) is 1. The Balaban J connectivity index is 3.12. The summed E-state index contributed by atoms with van der Waals surface area (Å²) in [4.78, 5) is 0. The molecule has 0 aromatic heterocycles. The van der Waals surface area contributed by atoms with Gasteiger partial charge in [0.1, 0.15) is 0 Å². The minimum Gasteiger partial charge on any atom is -0.315 e. The summed E-state index contributed by atoms with van der Waals surface area (Å²) in [6.07, 6.45) is 0. The van der Waals surface area contributed by atoms with E-state index in [0.717, 1.165) is 11.1 Å². The Bertz CT molecular complexity index is 356. The van der Waals surface area contributed by atoms with Gasteiger partial charge < -0.3 is 4.52 Å². The predicted octanol–water partition coefficient (Wildman–Crippen LogP) is 2.12. The molecule has 3 nitrogen and oxygen atoms in total. The minimum absolute atomic E-state index is 0.362. The van der Waals surface area contributed by atoms with E-state index in [1.54, 1.807) is 6.92 Å². The molecule has 0 spiro atoms. The second kappa shape index (κ2) is 4.26. The molecule has 0 saturated heterocycles. The molecule has 1 atom stereocenters.